The van der Waals surface area contributed by atoms with E-state index in [2.05, 4.69) is 45.7 Å². The molecule has 1 fully saturated rings. The van der Waals surface area contributed by atoms with E-state index in [4.69, 9.17) is 0 Å². The molecule has 5 rings (SSSR count). The number of rotatable bonds is 9. The van der Waals surface area contributed by atoms with E-state index in [0.717, 1.165) is 4.47 Å². The van der Waals surface area contributed by atoms with Crippen LogP contribution in [0.15, 0.2) is 76.5 Å². The number of aromatic nitrogens is 3. The van der Waals surface area contributed by atoms with Gasteiger partial charge in [-0.1, -0.05) is 12.1 Å². The predicted octanol–water partition coefficient (Wildman–Crippen LogP) is 4.93. The number of piperazine rings is 1. The zero-order valence-electron chi connectivity index (χ0n) is 23.5. The minimum atomic E-state index is -4.68. The van der Waals surface area contributed by atoms with Crippen LogP contribution in [0.1, 0.15) is 5.56 Å². The summed E-state index contributed by atoms with van der Waals surface area (Å²) in [5.74, 6) is -3.18. The zero-order chi connectivity index (χ0) is 33.5. The molecule has 1 atom stereocenters. The van der Waals surface area contributed by atoms with E-state index in [1.165, 1.54) is 62.1 Å². The smallest absolute Gasteiger partial charge is 0.430 e. The van der Waals surface area contributed by atoms with Gasteiger partial charge >= 0.3 is 12.2 Å². The first-order valence-corrected chi connectivity index (χ1v) is 15.9. The number of carbonyl (C=O) groups excluding carboxylic acids is 1. The summed E-state index contributed by atoms with van der Waals surface area (Å²) in [4.78, 5) is 25.0. The summed E-state index contributed by atoms with van der Waals surface area (Å²) in [6.45, 7) is 1.64. The second kappa shape index (κ2) is 14.8. The fraction of sp³-hybridized carbons (Fsp3) is 0.259. The maximum absolute atomic E-state index is 12.9. The van der Waals surface area contributed by atoms with Gasteiger partial charge in [0, 0.05) is 38.9 Å². The van der Waals surface area contributed by atoms with Gasteiger partial charge in [-0.2, -0.15) is 13.1 Å². The first kappa shape index (κ1) is 35.1. The van der Waals surface area contributed by atoms with Crippen LogP contribution in [0.2, 0.25) is 0 Å². The first-order chi connectivity index (χ1) is 21.6. The van der Waals surface area contributed by atoms with E-state index < -0.39 is 22.2 Å². The molecule has 1 aliphatic heterocycles. The predicted molar refractivity (Wildman–Crippen MR) is 164 cm³/mol. The summed E-state index contributed by atoms with van der Waals surface area (Å²) in [6, 6.07) is 10.2. The number of carbonyl (C=O) groups is 1. The third kappa shape index (κ3) is 9.88. The van der Waals surface area contributed by atoms with Gasteiger partial charge in [-0.15, -0.1) is 13.2 Å². The van der Waals surface area contributed by atoms with Crippen molar-refractivity contribution in [3.05, 3.63) is 77.2 Å². The van der Waals surface area contributed by atoms with E-state index >= 15 is 0 Å². The van der Waals surface area contributed by atoms with E-state index in [9.17, 15) is 35.2 Å². The topological polar surface area (TPSA) is 127 Å². The molecule has 1 amide bonds. The number of nitrogens with one attached hydrogen (secondary N) is 1. The maximum Gasteiger partial charge on any atom is 0.573 e. The second-order valence-electron chi connectivity index (χ2n) is 9.43. The molecule has 1 aliphatic rings. The lowest BCUT2D eigenvalue weighted by molar-refractivity contribution is -0.274. The van der Waals surface area contributed by atoms with Crippen molar-refractivity contribution in [2.45, 2.75) is 23.7 Å². The molecule has 11 nitrogen and oxygen atoms in total. The summed E-state index contributed by atoms with van der Waals surface area (Å²) in [6.07, 6.45) is 0.740. The molecule has 2 aromatic carbocycles. The van der Waals surface area contributed by atoms with Gasteiger partial charge in [0.2, 0.25) is 16.4 Å². The quantitative estimate of drug-likeness (QED) is 0.144. The third-order valence-corrected chi connectivity index (χ3v) is 8.83. The highest BCUT2D eigenvalue weighted by Gasteiger charge is 2.31. The van der Waals surface area contributed by atoms with Crippen LogP contribution in [0.3, 0.4) is 0 Å². The number of ether oxygens (including phenoxy) is 2. The van der Waals surface area contributed by atoms with Gasteiger partial charge in [0.25, 0.3) is 0 Å². The third-order valence-electron chi connectivity index (χ3n) is 6.22. The van der Waals surface area contributed by atoms with Gasteiger partial charge in [-0.25, -0.2) is 18.4 Å². The van der Waals surface area contributed by atoms with Gasteiger partial charge in [-0.3, -0.25) is 9.78 Å². The average Bonchev–Trinajstić information content (AvgIpc) is 3.00. The highest BCUT2D eigenvalue weighted by molar-refractivity contribution is 9.10. The fourth-order valence-corrected chi connectivity index (χ4v) is 6.13. The highest BCUT2D eigenvalue weighted by atomic mass is 79.9. The molecule has 2 aromatic heterocycles. The highest BCUT2D eigenvalue weighted by Crippen LogP contribution is 2.29. The Kier molecular flexibility index (Phi) is 11.3. The van der Waals surface area contributed by atoms with E-state index in [-0.39, 0.29) is 36.0 Å². The van der Waals surface area contributed by atoms with Crippen LogP contribution in [-0.2, 0) is 21.4 Å². The van der Waals surface area contributed by atoms with Crippen molar-refractivity contribution >= 4 is 58.5 Å². The van der Waals surface area contributed by atoms with Crippen molar-refractivity contribution in [3.63, 3.8) is 0 Å². The lowest BCUT2D eigenvalue weighted by atomic mass is 10.2. The van der Waals surface area contributed by atoms with Gasteiger partial charge in [0.15, 0.2) is 0 Å². The molecule has 0 aliphatic carbocycles. The number of amides is 1. The van der Waals surface area contributed by atoms with Crippen molar-refractivity contribution in [1.29, 1.82) is 0 Å². The Bertz CT molecular complexity index is 1740. The second-order valence-corrected chi connectivity index (χ2v) is 12.9. The summed E-state index contributed by atoms with van der Waals surface area (Å²) < 4.78 is 97.1. The molecule has 1 saturated heterocycles. The molecule has 46 heavy (non-hydrogen) atoms. The van der Waals surface area contributed by atoms with Crippen LogP contribution < -0.4 is 19.7 Å². The fourth-order valence-electron chi connectivity index (χ4n) is 4.16. The summed E-state index contributed by atoms with van der Waals surface area (Å²) in [5, 5.41) is 2.39. The number of hydrogen-bond donors (Lipinski definition) is 1. The van der Waals surface area contributed by atoms with E-state index in [1.807, 2.05) is 4.90 Å². The zero-order valence-corrected chi connectivity index (χ0v) is 27.1. The Morgan fingerprint density at radius 1 is 0.913 bits per heavy atom. The summed E-state index contributed by atoms with van der Waals surface area (Å²) in [5.41, 5.74) is 2.03. The van der Waals surface area contributed by atoms with E-state index in [1.54, 1.807) is 18.6 Å². The van der Waals surface area contributed by atoms with Gasteiger partial charge in [0.05, 0.1) is 21.8 Å². The average molecular weight is 751 g/mol. The molecule has 0 bridgehead atoms. The Balaban J connectivity index is 0.000000270. The number of benzene rings is 2. The SMILES string of the molecule is O=CNCc1ccc(OC(F)(F)F)cc1.O=S(=O)(c1ccc(OC(F)(F)P)cc1)N1CCN(c2cnc3cncc(Br)c3n2)CC1. The normalized spacial score (nSPS) is 14.3. The molecule has 4 aromatic rings. The lowest BCUT2D eigenvalue weighted by Gasteiger charge is -2.34. The Hall–Kier alpha value is -3.73. The van der Waals surface area contributed by atoms with Crippen LogP contribution in [-0.4, -0.2) is 72.5 Å². The first-order valence-electron chi connectivity index (χ1n) is 13.1. The molecule has 0 radical (unpaired) electrons. The minimum absolute atomic E-state index is 0.0160. The molecule has 3 heterocycles. The van der Waals surface area contributed by atoms with Crippen molar-refractivity contribution in [3.8, 4) is 11.5 Å². The monoisotopic (exact) mass is 750 g/mol. The van der Waals surface area contributed by atoms with Gasteiger partial charge in [-0.05, 0) is 67.1 Å². The molecule has 19 heteroatoms. The van der Waals surface area contributed by atoms with Crippen molar-refractivity contribution in [2.24, 2.45) is 0 Å². The van der Waals surface area contributed by atoms with Crippen molar-refractivity contribution in [2.75, 3.05) is 31.1 Å². The molecule has 1 unspecified atom stereocenters. The lowest BCUT2D eigenvalue weighted by Crippen LogP contribution is -2.48. The number of pyridine rings is 1. The van der Waals surface area contributed by atoms with E-state index in [0.29, 0.717) is 41.9 Å². The molecular weight excluding hydrogens is 726 g/mol. The van der Waals surface area contributed by atoms with Crippen LogP contribution in [0, 0.1) is 0 Å². The Morgan fingerprint density at radius 3 is 2.11 bits per heavy atom. The number of halogens is 6. The van der Waals surface area contributed by atoms with Gasteiger partial charge < -0.3 is 19.7 Å². The molecule has 1 N–H and O–H groups in total. The van der Waals surface area contributed by atoms with Crippen LogP contribution in [0.4, 0.5) is 27.8 Å². The number of alkyl halides is 5. The number of hydrogen-bond acceptors (Lipinski definition) is 9. The molecule has 246 valence electrons. The molecular formula is C27H25BrF5N6O5PS. The maximum atomic E-state index is 12.9. The number of sulfonamides is 1. The van der Waals surface area contributed by atoms with Crippen molar-refractivity contribution < 1.29 is 44.6 Å². The largest absolute Gasteiger partial charge is 0.573 e. The Morgan fingerprint density at radius 2 is 1.52 bits per heavy atom. The van der Waals surface area contributed by atoms with Crippen LogP contribution in [0.25, 0.3) is 11.0 Å². The minimum Gasteiger partial charge on any atom is -0.430 e. The number of anilines is 1. The molecule has 0 spiro atoms. The number of fused-ring (bicyclic) bond motifs is 1. The summed E-state index contributed by atoms with van der Waals surface area (Å²) in [7, 11) is -2.50. The van der Waals surface area contributed by atoms with Gasteiger partial charge in [0.1, 0.15) is 28.4 Å². The van der Waals surface area contributed by atoms with Crippen LogP contribution in [0.5, 0.6) is 11.5 Å². The molecule has 0 saturated carbocycles. The number of nitrogens with zero attached hydrogens (tertiary/aromatic N) is 5. The summed E-state index contributed by atoms with van der Waals surface area (Å²) >= 11 is 3.41. The Labute approximate surface area is 270 Å². The standard InChI is InChI=1S/C18H17BrF2N5O3PS.C9H8F3NO2/c19-14-9-22-10-15-17(14)24-16(11-23-15)25-5-7-26(8-6-25)31(27,28)13-3-1-12(2-4-13)29-18(20,21)30;10-9(11,12)15-8-3-1-7(2-4-8)5-13-6-14/h1-4,9-11H,5-8,30H2;1-4,6H,5H2,(H,13,14). The van der Waals surface area contributed by atoms with Crippen LogP contribution >= 0.6 is 25.2 Å². The van der Waals surface area contributed by atoms with Crippen molar-refractivity contribution in [1.82, 2.24) is 24.6 Å².